The van der Waals surface area contributed by atoms with Crippen molar-refractivity contribution >= 4 is 11.8 Å². The summed E-state index contributed by atoms with van der Waals surface area (Å²) in [4.78, 5) is 22.0. The summed E-state index contributed by atoms with van der Waals surface area (Å²) in [5, 5.41) is 23.6. The Labute approximate surface area is 134 Å². The highest BCUT2D eigenvalue weighted by atomic mass is 16.6. The molecular formula is C15H23N3O5. The number of nitrogens with two attached hydrogens (primary N) is 1. The first-order chi connectivity index (χ1) is 10.6. The van der Waals surface area contributed by atoms with Crippen molar-refractivity contribution in [1.82, 2.24) is 5.32 Å². The Morgan fingerprint density at radius 3 is 2.39 bits per heavy atom. The summed E-state index contributed by atoms with van der Waals surface area (Å²) >= 11 is 0. The Balaban J connectivity index is 2.83. The molecule has 1 aromatic carbocycles. The molecule has 0 aliphatic rings. The standard InChI is InChI=1S/C15H23N3O5/c1-15(2,3)23-14(20)17-12(8-9-16)13(19)10-4-6-11(7-5-10)18(21)22/h4-7,12-13,19H,8-9,16H2,1-3H3,(H,17,20). The van der Waals surface area contributed by atoms with Gasteiger partial charge in [-0.1, -0.05) is 0 Å². The number of aliphatic hydroxyl groups excluding tert-OH is 1. The van der Waals surface area contributed by atoms with E-state index in [4.69, 9.17) is 10.5 Å². The first kappa shape index (κ1) is 18.9. The number of aliphatic hydroxyl groups is 1. The van der Waals surface area contributed by atoms with Crippen molar-refractivity contribution in [2.75, 3.05) is 6.54 Å². The van der Waals surface area contributed by atoms with Crippen molar-refractivity contribution in [3.63, 3.8) is 0 Å². The van der Waals surface area contributed by atoms with E-state index < -0.39 is 28.8 Å². The van der Waals surface area contributed by atoms with E-state index >= 15 is 0 Å². The number of rotatable bonds is 6. The topological polar surface area (TPSA) is 128 Å². The van der Waals surface area contributed by atoms with Gasteiger partial charge in [-0.3, -0.25) is 10.1 Å². The highest BCUT2D eigenvalue weighted by Crippen LogP contribution is 2.22. The Bertz CT molecular complexity index is 539. The van der Waals surface area contributed by atoms with Crippen molar-refractivity contribution in [1.29, 1.82) is 0 Å². The molecule has 8 nitrogen and oxygen atoms in total. The zero-order valence-electron chi connectivity index (χ0n) is 13.5. The minimum atomic E-state index is -1.05. The summed E-state index contributed by atoms with van der Waals surface area (Å²) in [6.45, 7) is 5.45. The number of carbonyl (C=O) groups is 1. The van der Waals surface area contributed by atoms with Gasteiger partial charge in [0.15, 0.2) is 0 Å². The molecule has 0 aliphatic carbocycles. The van der Waals surface area contributed by atoms with E-state index in [1.54, 1.807) is 20.8 Å². The molecular weight excluding hydrogens is 302 g/mol. The molecule has 4 N–H and O–H groups in total. The maximum Gasteiger partial charge on any atom is 0.407 e. The van der Waals surface area contributed by atoms with Gasteiger partial charge in [-0.25, -0.2) is 4.79 Å². The molecule has 1 rings (SSSR count). The lowest BCUT2D eigenvalue weighted by molar-refractivity contribution is -0.384. The summed E-state index contributed by atoms with van der Waals surface area (Å²) < 4.78 is 5.16. The van der Waals surface area contributed by atoms with Crippen LogP contribution in [0.4, 0.5) is 10.5 Å². The van der Waals surface area contributed by atoms with Gasteiger partial charge in [-0.2, -0.15) is 0 Å². The zero-order valence-corrected chi connectivity index (χ0v) is 13.5. The monoisotopic (exact) mass is 325 g/mol. The molecule has 0 bridgehead atoms. The number of nitrogens with zero attached hydrogens (tertiary/aromatic N) is 1. The second kappa shape index (κ2) is 7.89. The number of hydrogen-bond donors (Lipinski definition) is 3. The molecule has 0 spiro atoms. The van der Waals surface area contributed by atoms with E-state index in [9.17, 15) is 20.0 Å². The smallest absolute Gasteiger partial charge is 0.407 e. The van der Waals surface area contributed by atoms with Crippen molar-refractivity contribution in [2.45, 2.75) is 44.9 Å². The van der Waals surface area contributed by atoms with Crippen LogP contribution >= 0.6 is 0 Å². The number of ether oxygens (including phenoxy) is 1. The van der Waals surface area contributed by atoms with E-state index in [0.717, 1.165) is 0 Å². The number of non-ortho nitro benzene ring substituents is 1. The van der Waals surface area contributed by atoms with Crippen LogP contribution in [0.15, 0.2) is 24.3 Å². The van der Waals surface area contributed by atoms with Crippen LogP contribution in [0.1, 0.15) is 38.9 Å². The highest BCUT2D eigenvalue weighted by Gasteiger charge is 2.25. The first-order valence-corrected chi connectivity index (χ1v) is 7.26. The Kier molecular flexibility index (Phi) is 6.47. The average molecular weight is 325 g/mol. The van der Waals surface area contributed by atoms with Gasteiger partial charge in [0.05, 0.1) is 17.1 Å². The molecule has 0 saturated carbocycles. The number of nitro groups is 1. The Morgan fingerprint density at radius 2 is 1.96 bits per heavy atom. The maximum absolute atomic E-state index is 11.8. The van der Waals surface area contributed by atoms with Gasteiger partial charge in [-0.05, 0) is 51.4 Å². The van der Waals surface area contributed by atoms with Crippen LogP contribution in [-0.2, 0) is 4.74 Å². The normalized spacial score (nSPS) is 14.0. The Morgan fingerprint density at radius 1 is 1.39 bits per heavy atom. The van der Waals surface area contributed by atoms with Crippen molar-refractivity contribution in [3.05, 3.63) is 39.9 Å². The summed E-state index contributed by atoms with van der Waals surface area (Å²) in [5.41, 5.74) is 5.24. The molecule has 0 heterocycles. The highest BCUT2D eigenvalue weighted by molar-refractivity contribution is 5.68. The lowest BCUT2D eigenvalue weighted by atomic mass is 9.99. The molecule has 0 radical (unpaired) electrons. The second-order valence-electron chi connectivity index (χ2n) is 6.12. The third kappa shape index (κ3) is 6.21. The SMILES string of the molecule is CC(C)(C)OC(=O)NC(CCN)C(O)c1ccc([N+](=O)[O-])cc1. The Hall–Kier alpha value is -2.19. The number of hydrogen-bond acceptors (Lipinski definition) is 6. The van der Waals surface area contributed by atoms with Crippen molar-refractivity contribution in [2.24, 2.45) is 5.73 Å². The van der Waals surface area contributed by atoms with Gasteiger partial charge in [-0.15, -0.1) is 0 Å². The van der Waals surface area contributed by atoms with E-state index in [1.165, 1.54) is 24.3 Å². The van der Waals surface area contributed by atoms with E-state index in [-0.39, 0.29) is 12.2 Å². The molecule has 2 unspecified atom stereocenters. The molecule has 23 heavy (non-hydrogen) atoms. The minimum absolute atomic E-state index is 0.0728. The quantitative estimate of drug-likeness (QED) is 0.541. The van der Waals surface area contributed by atoms with Crippen LogP contribution in [0.25, 0.3) is 0 Å². The molecule has 0 fully saturated rings. The van der Waals surface area contributed by atoms with Gasteiger partial charge in [0.1, 0.15) is 5.60 Å². The molecule has 128 valence electrons. The van der Waals surface area contributed by atoms with Crippen LogP contribution in [0.5, 0.6) is 0 Å². The van der Waals surface area contributed by atoms with Crippen LogP contribution in [0, 0.1) is 10.1 Å². The van der Waals surface area contributed by atoms with Crippen molar-refractivity contribution in [3.8, 4) is 0 Å². The predicted molar refractivity (Wildman–Crippen MR) is 84.9 cm³/mol. The zero-order chi connectivity index (χ0) is 17.6. The number of amides is 1. The van der Waals surface area contributed by atoms with Crippen LogP contribution in [-0.4, -0.2) is 34.3 Å². The van der Waals surface area contributed by atoms with Gasteiger partial charge in [0, 0.05) is 12.1 Å². The molecule has 0 saturated heterocycles. The molecule has 0 aliphatic heterocycles. The predicted octanol–water partition coefficient (Wildman–Crippen LogP) is 1.87. The fraction of sp³-hybridized carbons (Fsp3) is 0.533. The lowest BCUT2D eigenvalue weighted by Crippen LogP contribution is -2.43. The fourth-order valence-corrected chi connectivity index (χ4v) is 1.97. The first-order valence-electron chi connectivity index (χ1n) is 7.26. The number of nitro benzene ring substituents is 1. The lowest BCUT2D eigenvalue weighted by Gasteiger charge is -2.26. The maximum atomic E-state index is 11.8. The van der Waals surface area contributed by atoms with E-state index in [1.807, 2.05) is 0 Å². The molecule has 1 amide bonds. The fourth-order valence-electron chi connectivity index (χ4n) is 1.97. The summed E-state index contributed by atoms with van der Waals surface area (Å²) in [6.07, 6.45) is -1.37. The molecule has 1 aromatic rings. The number of benzene rings is 1. The molecule has 2 atom stereocenters. The number of carbonyl (C=O) groups excluding carboxylic acids is 1. The summed E-state index contributed by atoms with van der Waals surface area (Å²) in [6, 6.07) is 4.83. The van der Waals surface area contributed by atoms with Crippen LogP contribution in [0.2, 0.25) is 0 Å². The second-order valence-corrected chi connectivity index (χ2v) is 6.12. The van der Waals surface area contributed by atoms with Gasteiger partial charge in [0.25, 0.3) is 5.69 Å². The number of alkyl carbamates (subject to hydrolysis) is 1. The minimum Gasteiger partial charge on any atom is -0.444 e. The third-order valence-electron chi connectivity index (χ3n) is 3.01. The van der Waals surface area contributed by atoms with Crippen molar-refractivity contribution < 1.29 is 19.6 Å². The number of nitrogens with one attached hydrogen (secondary N) is 1. The van der Waals surface area contributed by atoms with E-state index in [0.29, 0.717) is 12.0 Å². The molecule has 8 heteroatoms. The molecule has 0 aromatic heterocycles. The summed E-state index contributed by atoms with van der Waals surface area (Å²) in [7, 11) is 0. The van der Waals surface area contributed by atoms with Crippen LogP contribution < -0.4 is 11.1 Å². The van der Waals surface area contributed by atoms with Gasteiger partial charge in [0.2, 0.25) is 0 Å². The average Bonchev–Trinajstić information content (AvgIpc) is 2.44. The van der Waals surface area contributed by atoms with Gasteiger partial charge >= 0.3 is 6.09 Å². The summed E-state index contributed by atoms with van der Waals surface area (Å²) in [5.74, 6) is 0. The van der Waals surface area contributed by atoms with E-state index in [2.05, 4.69) is 5.32 Å². The largest absolute Gasteiger partial charge is 0.444 e. The van der Waals surface area contributed by atoms with Gasteiger partial charge < -0.3 is 20.9 Å². The third-order valence-corrected chi connectivity index (χ3v) is 3.01. The van der Waals surface area contributed by atoms with Crippen LogP contribution in [0.3, 0.4) is 0 Å².